The van der Waals surface area contributed by atoms with Crippen LogP contribution in [-0.4, -0.2) is 28.0 Å². The van der Waals surface area contributed by atoms with Gasteiger partial charge in [-0.25, -0.2) is 4.79 Å². The first-order valence-electron chi connectivity index (χ1n) is 8.05. The first kappa shape index (κ1) is 17.9. The van der Waals surface area contributed by atoms with Crippen molar-refractivity contribution in [2.45, 2.75) is 20.4 Å². The Morgan fingerprint density at radius 1 is 1.23 bits per heavy atom. The molecule has 6 nitrogen and oxygen atoms in total. The molecule has 26 heavy (non-hydrogen) atoms. The third kappa shape index (κ3) is 3.13. The second-order valence-corrected chi connectivity index (χ2v) is 6.76. The second kappa shape index (κ2) is 7.13. The smallest absolute Gasteiger partial charge is 0.352 e. The zero-order chi connectivity index (χ0) is 18.8. The van der Waals surface area contributed by atoms with Crippen molar-refractivity contribution >= 4 is 33.2 Å². The number of ketones is 1. The Kier molecular flexibility index (Phi) is 4.90. The normalized spacial score (nSPS) is 10.8. The van der Waals surface area contributed by atoms with Crippen molar-refractivity contribution < 1.29 is 19.4 Å². The molecule has 0 radical (unpaired) electrons. The van der Waals surface area contributed by atoms with Crippen molar-refractivity contribution in [2.24, 2.45) is 0 Å². The molecule has 1 aromatic carbocycles. The van der Waals surface area contributed by atoms with Gasteiger partial charge in [0.2, 0.25) is 0 Å². The number of Topliss-reactive ketones (excluding diaryl/α,β-unsaturated/α-hetero) is 1. The number of pyridine rings is 1. The van der Waals surface area contributed by atoms with Gasteiger partial charge in [-0.3, -0.25) is 9.59 Å². The number of nitrogens with zero attached hydrogens (tertiary/aromatic N) is 1. The van der Waals surface area contributed by atoms with E-state index in [1.54, 1.807) is 50.2 Å². The molecule has 0 aliphatic heterocycles. The van der Waals surface area contributed by atoms with Crippen LogP contribution < -0.4 is 5.56 Å². The molecular formula is C19H17NO5S. The Labute approximate surface area is 153 Å². The summed E-state index contributed by atoms with van der Waals surface area (Å²) in [4.78, 5) is 37.2. The summed E-state index contributed by atoms with van der Waals surface area (Å²) >= 11 is 1.00. The molecule has 0 unspecified atom stereocenters. The summed E-state index contributed by atoms with van der Waals surface area (Å²) in [5.74, 6) is -1.28. The number of hydrogen-bond acceptors (Lipinski definition) is 6. The fourth-order valence-electron chi connectivity index (χ4n) is 2.70. The van der Waals surface area contributed by atoms with Gasteiger partial charge in [0.1, 0.15) is 5.39 Å². The fourth-order valence-corrected chi connectivity index (χ4v) is 3.78. The Balaban J connectivity index is 2.07. The summed E-state index contributed by atoms with van der Waals surface area (Å²) in [6.45, 7) is 3.39. The van der Waals surface area contributed by atoms with E-state index < -0.39 is 17.3 Å². The maximum atomic E-state index is 12.8. The van der Waals surface area contributed by atoms with Gasteiger partial charge in [0, 0.05) is 16.0 Å². The van der Waals surface area contributed by atoms with Crippen LogP contribution in [0, 0.1) is 6.92 Å². The molecule has 0 bridgehead atoms. The van der Waals surface area contributed by atoms with E-state index in [0.717, 1.165) is 11.3 Å². The number of fused-ring (bicyclic) bond motifs is 1. The molecule has 1 N–H and O–H groups in total. The number of rotatable bonds is 5. The van der Waals surface area contributed by atoms with Crippen LogP contribution in [0.25, 0.3) is 10.1 Å². The van der Waals surface area contributed by atoms with Crippen molar-refractivity contribution in [1.82, 2.24) is 4.57 Å². The predicted octanol–water partition coefficient (Wildman–Crippen LogP) is 3.14. The van der Waals surface area contributed by atoms with E-state index in [4.69, 9.17) is 4.74 Å². The average Bonchev–Trinajstić information content (AvgIpc) is 2.96. The lowest BCUT2D eigenvalue weighted by Crippen LogP contribution is -2.26. The highest BCUT2D eigenvalue weighted by Crippen LogP contribution is 2.35. The Hall–Kier alpha value is -2.93. The molecule has 2 aromatic heterocycles. The van der Waals surface area contributed by atoms with E-state index in [9.17, 15) is 19.5 Å². The summed E-state index contributed by atoms with van der Waals surface area (Å²) in [6, 6.07) is 10.4. The first-order chi connectivity index (χ1) is 12.4. The number of ether oxygens (including phenoxy) is 1. The standard InChI is InChI=1S/C19H17NO5S/c1-3-25-19(24)17-16(22)15-14(26-17)9-11(2)20(18(15)23)10-13(21)12-7-5-4-6-8-12/h4-9,22H,3,10H2,1-2H3. The van der Waals surface area contributed by atoms with Crippen LogP contribution >= 0.6 is 11.3 Å². The van der Waals surface area contributed by atoms with E-state index in [1.165, 1.54) is 4.57 Å². The van der Waals surface area contributed by atoms with Gasteiger partial charge in [0.05, 0.1) is 13.2 Å². The van der Waals surface area contributed by atoms with E-state index in [0.29, 0.717) is 16.0 Å². The van der Waals surface area contributed by atoms with Crippen molar-refractivity contribution in [3.8, 4) is 5.75 Å². The van der Waals surface area contributed by atoms with Gasteiger partial charge >= 0.3 is 5.97 Å². The molecule has 134 valence electrons. The topological polar surface area (TPSA) is 85.6 Å². The van der Waals surface area contributed by atoms with Crippen LogP contribution in [0.3, 0.4) is 0 Å². The van der Waals surface area contributed by atoms with Gasteiger partial charge < -0.3 is 14.4 Å². The molecule has 0 saturated carbocycles. The highest BCUT2D eigenvalue weighted by molar-refractivity contribution is 7.21. The monoisotopic (exact) mass is 371 g/mol. The molecule has 2 heterocycles. The van der Waals surface area contributed by atoms with Gasteiger partial charge in [0.15, 0.2) is 16.4 Å². The Morgan fingerprint density at radius 2 is 1.92 bits per heavy atom. The molecule has 0 aliphatic rings. The minimum atomic E-state index is -0.671. The molecule has 0 aliphatic carbocycles. The summed E-state index contributed by atoms with van der Waals surface area (Å²) in [5.41, 5.74) is 0.567. The van der Waals surface area contributed by atoms with Crippen LogP contribution in [0.5, 0.6) is 5.75 Å². The molecule has 3 rings (SSSR count). The Bertz CT molecular complexity index is 1050. The van der Waals surface area contributed by atoms with Crippen LogP contribution in [-0.2, 0) is 11.3 Å². The second-order valence-electron chi connectivity index (χ2n) is 5.71. The summed E-state index contributed by atoms with van der Waals surface area (Å²) in [5, 5.41) is 10.4. The zero-order valence-electron chi connectivity index (χ0n) is 14.3. The maximum Gasteiger partial charge on any atom is 0.352 e. The van der Waals surface area contributed by atoms with Gasteiger partial charge in [-0.1, -0.05) is 30.3 Å². The number of benzene rings is 1. The summed E-state index contributed by atoms with van der Waals surface area (Å²) < 4.78 is 6.70. The van der Waals surface area contributed by atoms with Crippen molar-refractivity contribution in [3.05, 3.63) is 62.9 Å². The summed E-state index contributed by atoms with van der Waals surface area (Å²) in [6.07, 6.45) is 0. The SMILES string of the molecule is CCOC(=O)c1sc2cc(C)n(CC(=O)c3ccccc3)c(=O)c2c1O. The predicted molar refractivity (Wildman–Crippen MR) is 99.2 cm³/mol. The van der Waals surface area contributed by atoms with Gasteiger partial charge in [-0.2, -0.15) is 0 Å². The maximum absolute atomic E-state index is 12.8. The lowest BCUT2D eigenvalue weighted by Gasteiger charge is -2.09. The number of carbonyl (C=O) groups excluding carboxylic acids is 2. The number of aryl methyl sites for hydroxylation is 1. The number of aromatic hydroxyl groups is 1. The van der Waals surface area contributed by atoms with Gasteiger partial charge in [0.25, 0.3) is 5.56 Å². The van der Waals surface area contributed by atoms with E-state index in [-0.39, 0.29) is 29.2 Å². The number of hydrogen-bond donors (Lipinski definition) is 1. The fraction of sp³-hybridized carbons (Fsp3) is 0.211. The minimum absolute atomic E-state index is 0.00881. The molecule has 0 spiro atoms. The highest BCUT2D eigenvalue weighted by atomic mass is 32.1. The molecular weight excluding hydrogens is 354 g/mol. The van der Waals surface area contributed by atoms with Crippen molar-refractivity contribution in [1.29, 1.82) is 0 Å². The summed E-state index contributed by atoms with van der Waals surface area (Å²) in [7, 11) is 0. The van der Waals surface area contributed by atoms with Crippen molar-refractivity contribution in [3.63, 3.8) is 0 Å². The molecule has 0 amide bonds. The number of thiophene rings is 1. The van der Waals surface area contributed by atoms with E-state index in [1.807, 2.05) is 0 Å². The largest absolute Gasteiger partial charge is 0.505 e. The Morgan fingerprint density at radius 3 is 2.58 bits per heavy atom. The zero-order valence-corrected chi connectivity index (χ0v) is 15.1. The van der Waals surface area contributed by atoms with E-state index in [2.05, 4.69) is 0 Å². The third-order valence-corrected chi connectivity index (χ3v) is 5.10. The highest BCUT2D eigenvalue weighted by Gasteiger charge is 2.23. The first-order valence-corrected chi connectivity index (χ1v) is 8.87. The van der Waals surface area contributed by atoms with Crippen LogP contribution in [0.4, 0.5) is 0 Å². The quantitative estimate of drug-likeness (QED) is 0.550. The molecule has 0 atom stereocenters. The lowest BCUT2D eigenvalue weighted by molar-refractivity contribution is 0.0529. The van der Waals surface area contributed by atoms with Crippen molar-refractivity contribution in [2.75, 3.05) is 6.61 Å². The molecule has 7 heteroatoms. The number of aromatic nitrogens is 1. The number of carbonyl (C=O) groups is 2. The molecule has 3 aromatic rings. The molecule has 0 fully saturated rings. The number of esters is 1. The van der Waals surface area contributed by atoms with E-state index >= 15 is 0 Å². The van der Waals surface area contributed by atoms with Gasteiger partial charge in [-0.05, 0) is 19.9 Å². The molecule has 0 saturated heterocycles. The van der Waals surface area contributed by atoms with Crippen LogP contribution in [0.1, 0.15) is 32.6 Å². The minimum Gasteiger partial charge on any atom is -0.505 e. The van der Waals surface area contributed by atoms with Crippen LogP contribution in [0.15, 0.2) is 41.2 Å². The third-order valence-electron chi connectivity index (χ3n) is 3.99. The van der Waals surface area contributed by atoms with Crippen LogP contribution in [0.2, 0.25) is 0 Å². The average molecular weight is 371 g/mol. The lowest BCUT2D eigenvalue weighted by atomic mass is 10.1. The van der Waals surface area contributed by atoms with Gasteiger partial charge in [-0.15, -0.1) is 11.3 Å².